The van der Waals surface area contributed by atoms with E-state index in [2.05, 4.69) is 16.4 Å². The SMILES string of the molecule is Cc1cncc(NC(=O)N2CC(C)(C)Oc3ccc(-c4cccc(N(C)C)c4)nc32)c1. The normalized spacial score (nSPS) is 14.4. The highest BCUT2D eigenvalue weighted by molar-refractivity contribution is 6.02. The summed E-state index contributed by atoms with van der Waals surface area (Å²) in [5, 5.41) is 2.94. The number of amides is 2. The summed E-state index contributed by atoms with van der Waals surface area (Å²) in [4.78, 5) is 25.9. The molecule has 1 N–H and O–H groups in total. The van der Waals surface area contributed by atoms with Crippen LogP contribution in [0.3, 0.4) is 0 Å². The van der Waals surface area contributed by atoms with Crippen LogP contribution in [-0.2, 0) is 0 Å². The molecule has 0 fully saturated rings. The number of rotatable bonds is 3. The number of fused-ring (bicyclic) bond motifs is 1. The van der Waals surface area contributed by atoms with E-state index in [1.807, 2.05) is 76.2 Å². The van der Waals surface area contributed by atoms with Crippen molar-refractivity contribution >= 4 is 23.2 Å². The lowest BCUT2D eigenvalue weighted by atomic mass is 10.1. The summed E-state index contributed by atoms with van der Waals surface area (Å²) < 4.78 is 6.12. The molecule has 1 aliphatic rings. The Hall–Kier alpha value is -3.61. The van der Waals surface area contributed by atoms with Crippen LogP contribution in [0.2, 0.25) is 0 Å². The van der Waals surface area contributed by atoms with Crippen molar-refractivity contribution in [3.63, 3.8) is 0 Å². The minimum Gasteiger partial charge on any atom is -0.482 e. The summed E-state index contributed by atoms with van der Waals surface area (Å²) >= 11 is 0. The number of nitrogens with zero attached hydrogens (tertiary/aromatic N) is 4. The van der Waals surface area contributed by atoms with Crippen LogP contribution < -0.4 is 19.9 Å². The van der Waals surface area contributed by atoms with Crippen LogP contribution in [0.4, 0.5) is 22.0 Å². The number of carbonyl (C=O) groups excluding carboxylic acids is 1. The second-order valence-corrected chi connectivity index (χ2v) is 8.59. The molecular formula is C24H27N5O2. The summed E-state index contributed by atoms with van der Waals surface area (Å²) in [7, 11) is 4.00. The van der Waals surface area contributed by atoms with Gasteiger partial charge in [0.2, 0.25) is 0 Å². The first-order valence-corrected chi connectivity index (χ1v) is 10.2. The smallest absolute Gasteiger partial charge is 0.327 e. The van der Waals surface area contributed by atoms with Gasteiger partial charge in [0.15, 0.2) is 11.6 Å². The molecule has 0 unspecified atom stereocenters. The Balaban J connectivity index is 1.71. The lowest BCUT2D eigenvalue weighted by molar-refractivity contribution is 0.106. The van der Waals surface area contributed by atoms with Crippen LogP contribution in [-0.4, -0.2) is 42.2 Å². The van der Waals surface area contributed by atoms with Crippen molar-refractivity contribution in [3.05, 3.63) is 60.4 Å². The van der Waals surface area contributed by atoms with Crippen molar-refractivity contribution in [1.82, 2.24) is 9.97 Å². The molecular weight excluding hydrogens is 390 g/mol. The Kier molecular flexibility index (Phi) is 5.27. The summed E-state index contributed by atoms with van der Waals surface area (Å²) in [6.45, 7) is 6.22. The third-order valence-electron chi connectivity index (χ3n) is 5.05. The van der Waals surface area contributed by atoms with Gasteiger partial charge in [-0.3, -0.25) is 9.88 Å². The Morgan fingerprint density at radius 3 is 2.71 bits per heavy atom. The highest BCUT2D eigenvalue weighted by Crippen LogP contribution is 2.38. The maximum Gasteiger partial charge on any atom is 0.327 e. The van der Waals surface area contributed by atoms with Gasteiger partial charge >= 0.3 is 6.03 Å². The number of ether oxygens (including phenoxy) is 1. The number of aromatic nitrogens is 2. The first-order chi connectivity index (χ1) is 14.7. The number of benzene rings is 1. The van der Waals surface area contributed by atoms with E-state index in [0.29, 0.717) is 23.8 Å². The molecule has 4 rings (SSSR count). The van der Waals surface area contributed by atoms with Gasteiger partial charge in [0.1, 0.15) is 5.60 Å². The number of hydrogen-bond donors (Lipinski definition) is 1. The van der Waals surface area contributed by atoms with Crippen LogP contribution in [0.1, 0.15) is 19.4 Å². The number of nitrogens with one attached hydrogen (secondary N) is 1. The largest absolute Gasteiger partial charge is 0.482 e. The Bertz CT molecular complexity index is 1130. The van der Waals surface area contributed by atoms with E-state index in [9.17, 15) is 4.79 Å². The van der Waals surface area contributed by atoms with Gasteiger partial charge in [0.05, 0.1) is 24.1 Å². The lowest BCUT2D eigenvalue weighted by Gasteiger charge is -2.38. The van der Waals surface area contributed by atoms with Crippen LogP contribution in [0.15, 0.2) is 54.9 Å². The molecule has 1 aliphatic heterocycles. The average molecular weight is 418 g/mol. The molecule has 7 nitrogen and oxygen atoms in total. The summed E-state index contributed by atoms with van der Waals surface area (Å²) in [6, 6.07) is 13.6. The molecule has 1 aromatic carbocycles. The van der Waals surface area contributed by atoms with Crippen molar-refractivity contribution < 1.29 is 9.53 Å². The first-order valence-electron chi connectivity index (χ1n) is 10.2. The third-order valence-corrected chi connectivity index (χ3v) is 5.05. The molecule has 7 heteroatoms. The Morgan fingerprint density at radius 2 is 1.97 bits per heavy atom. The molecule has 2 aromatic heterocycles. The predicted molar refractivity (Wildman–Crippen MR) is 124 cm³/mol. The average Bonchev–Trinajstić information content (AvgIpc) is 2.72. The van der Waals surface area contributed by atoms with E-state index in [4.69, 9.17) is 9.72 Å². The van der Waals surface area contributed by atoms with Crippen molar-refractivity contribution in [1.29, 1.82) is 0 Å². The molecule has 3 aromatic rings. The van der Waals surface area contributed by atoms with E-state index >= 15 is 0 Å². The fraction of sp³-hybridized carbons (Fsp3) is 0.292. The fourth-order valence-electron chi connectivity index (χ4n) is 3.58. The van der Waals surface area contributed by atoms with Gasteiger partial charge in [-0.15, -0.1) is 0 Å². The van der Waals surface area contributed by atoms with Crippen molar-refractivity contribution in [3.8, 4) is 17.0 Å². The molecule has 0 radical (unpaired) electrons. The monoisotopic (exact) mass is 417 g/mol. The predicted octanol–water partition coefficient (Wildman–Crippen LogP) is 4.73. The minimum atomic E-state index is -0.538. The highest BCUT2D eigenvalue weighted by atomic mass is 16.5. The lowest BCUT2D eigenvalue weighted by Crippen LogP contribution is -2.51. The van der Waals surface area contributed by atoms with Gasteiger partial charge in [-0.05, 0) is 56.7 Å². The van der Waals surface area contributed by atoms with Gasteiger partial charge < -0.3 is 15.0 Å². The van der Waals surface area contributed by atoms with Gasteiger partial charge in [-0.1, -0.05) is 12.1 Å². The van der Waals surface area contributed by atoms with Crippen LogP contribution in [0.25, 0.3) is 11.3 Å². The van der Waals surface area contributed by atoms with Gasteiger partial charge in [-0.25, -0.2) is 9.78 Å². The minimum absolute atomic E-state index is 0.267. The molecule has 0 atom stereocenters. The molecule has 0 aliphatic carbocycles. The molecule has 2 amide bonds. The first kappa shape index (κ1) is 20.7. The van der Waals surface area contributed by atoms with Crippen molar-refractivity contribution in [2.24, 2.45) is 0 Å². The van der Waals surface area contributed by atoms with Crippen molar-refractivity contribution in [2.75, 3.05) is 35.8 Å². The molecule has 31 heavy (non-hydrogen) atoms. The highest BCUT2D eigenvalue weighted by Gasteiger charge is 2.36. The second-order valence-electron chi connectivity index (χ2n) is 8.59. The van der Waals surface area contributed by atoms with E-state index in [1.54, 1.807) is 17.3 Å². The number of anilines is 3. The van der Waals surface area contributed by atoms with Crippen LogP contribution in [0, 0.1) is 6.92 Å². The zero-order valence-electron chi connectivity index (χ0n) is 18.5. The number of pyridine rings is 2. The Labute approximate surface area is 182 Å². The summed E-state index contributed by atoms with van der Waals surface area (Å²) in [5.74, 6) is 1.09. The topological polar surface area (TPSA) is 70.6 Å². The summed E-state index contributed by atoms with van der Waals surface area (Å²) in [6.07, 6.45) is 3.38. The van der Waals surface area contributed by atoms with Gasteiger partial charge in [-0.2, -0.15) is 0 Å². The quantitative estimate of drug-likeness (QED) is 0.667. The standard InChI is InChI=1S/C24H27N5O2/c1-16-11-18(14-25-13-16)26-23(30)29-15-24(2,3)31-21-10-9-20(27-22(21)29)17-7-6-8-19(12-17)28(4)5/h6-14H,15H2,1-5H3,(H,26,30). The van der Waals surface area contributed by atoms with Crippen molar-refractivity contribution in [2.45, 2.75) is 26.4 Å². The molecule has 0 saturated heterocycles. The number of hydrogen-bond acceptors (Lipinski definition) is 5. The van der Waals surface area contributed by atoms with E-state index in [-0.39, 0.29) is 6.03 Å². The molecule has 3 heterocycles. The zero-order valence-corrected chi connectivity index (χ0v) is 18.5. The van der Waals surface area contributed by atoms with E-state index < -0.39 is 5.60 Å². The maximum absolute atomic E-state index is 13.2. The molecule has 0 spiro atoms. The number of urea groups is 1. The van der Waals surface area contributed by atoms with E-state index in [1.165, 1.54) is 0 Å². The van der Waals surface area contributed by atoms with Gasteiger partial charge in [0, 0.05) is 31.5 Å². The maximum atomic E-state index is 13.2. The Morgan fingerprint density at radius 1 is 1.16 bits per heavy atom. The summed E-state index contributed by atoms with van der Waals surface area (Å²) in [5.41, 5.74) is 3.91. The third kappa shape index (κ3) is 4.45. The zero-order chi connectivity index (χ0) is 22.2. The van der Waals surface area contributed by atoms with Gasteiger partial charge in [0.25, 0.3) is 0 Å². The molecule has 0 bridgehead atoms. The second kappa shape index (κ2) is 7.91. The van der Waals surface area contributed by atoms with Crippen LogP contribution >= 0.6 is 0 Å². The number of aryl methyl sites for hydroxylation is 1. The van der Waals surface area contributed by atoms with E-state index in [0.717, 1.165) is 22.5 Å². The molecule has 0 saturated carbocycles. The molecule has 160 valence electrons. The number of carbonyl (C=O) groups is 1. The van der Waals surface area contributed by atoms with Crippen LogP contribution in [0.5, 0.6) is 5.75 Å². The fourth-order valence-corrected chi connectivity index (χ4v) is 3.58.